The maximum Gasteiger partial charge on any atom is 0.271 e. The fourth-order valence-corrected chi connectivity index (χ4v) is 1.62. The summed E-state index contributed by atoms with van der Waals surface area (Å²) in [5, 5.41) is 13.4. The number of amides is 1. The number of carbonyl (C=O) groups is 1. The number of hydrazone groups is 1. The van der Waals surface area contributed by atoms with Crippen molar-refractivity contribution in [2.75, 3.05) is 6.61 Å². The van der Waals surface area contributed by atoms with E-state index in [0.29, 0.717) is 23.5 Å². The van der Waals surface area contributed by atoms with Gasteiger partial charge in [0.2, 0.25) is 0 Å². The van der Waals surface area contributed by atoms with E-state index < -0.39 is 0 Å². The number of benzene rings is 1. The second kappa shape index (κ2) is 7.04. The Labute approximate surface area is 122 Å². The van der Waals surface area contributed by atoms with Gasteiger partial charge in [-0.3, -0.25) is 9.78 Å². The zero-order chi connectivity index (χ0) is 15.1. The first-order chi connectivity index (χ1) is 10.2. The average molecular weight is 285 g/mol. The van der Waals surface area contributed by atoms with Gasteiger partial charge in [0.25, 0.3) is 5.91 Å². The first-order valence-corrected chi connectivity index (χ1v) is 6.40. The summed E-state index contributed by atoms with van der Waals surface area (Å²) in [6, 6.07) is 8.01. The van der Waals surface area contributed by atoms with Gasteiger partial charge < -0.3 is 9.84 Å². The van der Waals surface area contributed by atoms with Crippen LogP contribution in [0.1, 0.15) is 22.8 Å². The number of pyridine rings is 1. The molecule has 0 aliphatic heterocycles. The monoisotopic (exact) mass is 285 g/mol. The zero-order valence-corrected chi connectivity index (χ0v) is 11.5. The second-order valence-electron chi connectivity index (χ2n) is 4.10. The highest BCUT2D eigenvalue weighted by Gasteiger charge is 2.03. The molecule has 0 unspecified atom stereocenters. The summed E-state index contributed by atoms with van der Waals surface area (Å²) in [5.41, 5.74) is 3.59. The number of hydrogen-bond donors (Lipinski definition) is 2. The van der Waals surface area contributed by atoms with Crippen LogP contribution in [0.2, 0.25) is 0 Å². The molecule has 1 aromatic carbocycles. The molecule has 1 heterocycles. The molecule has 0 aliphatic carbocycles. The molecule has 0 spiro atoms. The normalized spacial score (nSPS) is 10.5. The van der Waals surface area contributed by atoms with Crippen LogP contribution in [0.15, 0.2) is 47.8 Å². The lowest BCUT2D eigenvalue weighted by Gasteiger charge is -2.06. The van der Waals surface area contributed by atoms with Gasteiger partial charge in [0.1, 0.15) is 0 Å². The first-order valence-electron chi connectivity index (χ1n) is 6.40. The Kier molecular flexibility index (Phi) is 4.87. The van der Waals surface area contributed by atoms with Crippen molar-refractivity contribution in [2.45, 2.75) is 6.92 Å². The SMILES string of the molecule is CCOc1cc(/C=N\NC(=O)c2ccncc2)ccc1O. The van der Waals surface area contributed by atoms with Crippen LogP contribution in [0.25, 0.3) is 0 Å². The van der Waals surface area contributed by atoms with Gasteiger partial charge in [-0.1, -0.05) is 0 Å². The summed E-state index contributed by atoms with van der Waals surface area (Å²) in [5.74, 6) is 0.120. The summed E-state index contributed by atoms with van der Waals surface area (Å²) in [4.78, 5) is 15.6. The van der Waals surface area contributed by atoms with Crippen LogP contribution in [0.5, 0.6) is 11.5 Å². The molecule has 108 valence electrons. The maximum atomic E-state index is 11.7. The minimum atomic E-state index is -0.322. The molecule has 2 aromatic rings. The van der Waals surface area contributed by atoms with Crippen LogP contribution in [-0.4, -0.2) is 28.8 Å². The van der Waals surface area contributed by atoms with E-state index in [4.69, 9.17) is 4.74 Å². The van der Waals surface area contributed by atoms with Gasteiger partial charge in [0.05, 0.1) is 12.8 Å². The second-order valence-corrected chi connectivity index (χ2v) is 4.10. The van der Waals surface area contributed by atoms with E-state index in [-0.39, 0.29) is 11.7 Å². The van der Waals surface area contributed by atoms with E-state index in [2.05, 4.69) is 15.5 Å². The number of aromatic hydroxyl groups is 1. The molecule has 2 rings (SSSR count). The lowest BCUT2D eigenvalue weighted by atomic mass is 10.2. The summed E-state index contributed by atoms with van der Waals surface area (Å²) in [7, 11) is 0. The summed E-state index contributed by atoms with van der Waals surface area (Å²) < 4.78 is 5.27. The number of rotatable bonds is 5. The van der Waals surface area contributed by atoms with Gasteiger partial charge in [-0.15, -0.1) is 0 Å². The molecular formula is C15H15N3O3. The van der Waals surface area contributed by atoms with Crippen molar-refractivity contribution in [2.24, 2.45) is 5.10 Å². The van der Waals surface area contributed by atoms with Crippen LogP contribution >= 0.6 is 0 Å². The number of phenols is 1. The Hall–Kier alpha value is -2.89. The smallest absolute Gasteiger partial charge is 0.271 e. The van der Waals surface area contributed by atoms with Crippen molar-refractivity contribution in [1.82, 2.24) is 10.4 Å². The summed E-state index contributed by atoms with van der Waals surface area (Å²) >= 11 is 0. The average Bonchev–Trinajstić information content (AvgIpc) is 2.51. The van der Waals surface area contributed by atoms with Crippen LogP contribution in [0, 0.1) is 0 Å². The lowest BCUT2D eigenvalue weighted by molar-refractivity contribution is 0.0955. The van der Waals surface area contributed by atoms with Crippen molar-refractivity contribution < 1.29 is 14.6 Å². The van der Waals surface area contributed by atoms with Gasteiger partial charge >= 0.3 is 0 Å². The van der Waals surface area contributed by atoms with Crippen LogP contribution in [-0.2, 0) is 0 Å². The molecule has 0 saturated heterocycles. The zero-order valence-electron chi connectivity index (χ0n) is 11.5. The Morgan fingerprint density at radius 3 is 2.86 bits per heavy atom. The topological polar surface area (TPSA) is 83.8 Å². The van der Waals surface area contributed by atoms with Gasteiger partial charge in [-0.25, -0.2) is 5.43 Å². The molecule has 0 fully saturated rings. The molecule has 1 aromatic heterocycles. The number of nitrogens with one attached hydrogen (secondary N) is 1. The van der Waals surface area contributed by atoms with Crippen molar-refractivity contribution in [1.29, 1.82) is 0 Å². The maximum absolute atomic E-state index is 11.7. The molecule has 0 atom stereocenters. The van der Waals surface area contributed by atoms with E-state index >= 15 is 0 Å². The first kappa shape index (κ1) is 14.5. The minimum Gasteiger partial charge on any atom is -0.504 e. The molecule has 2 N–H and O–H groups in total. The predicted molar refractivity (Wildman–Crippen MR) is 78.6 cm³/mol. The van der Waals surface area contributed by atoms with Crippen LogP contribution in [0.3, 0.4) is 0 Å². The largest absolute Gasteiger partial charge is 0.504 e. The third kappa shape index (κ3) is 4.04. The fourth-order valence-electron chi connectivity index (χ4n) is 1.62. The van der Waals surface area contributed by atoms with E-state index in [1.165, 1.54) is 24.7 Å². The number of ether oxygens (including phenoxy) is 1. The molecule has 0 radical (unpaired) electrons. The van der Waals surface area contributed by atoms with E-state index in [0.717, 1.165) is 0 Å². The number of hydrogen-bond acceptors (Lipinski definition) is 5. The van der Waals surface area contributed by atoms with Crippen LogP contribution in [0.4, 0.5) is 0 Å². The minimum absolute atomic E-state index is 0.0646. The van der Waals surface area contributed by atoms with Crippen molar-refractivity contribution in [3.63, 3.8) is 0 Å². The highest BCUT2D eigenvalue weighted by atomic mass is 16.5. The number of phenolic OH excluding ortho intramolecular Hbond substituents is 1. The highest BCUT2D eigenvalue weighted by Crippen LogP contribution is 2.26. The van der Waals surface area contributed by atoms with E-state index in [1.807, 2.05) is 6.92 Å². The molecule has 1 amide bonds. The third-order valence-corrected chi connectivity index (χ3v) is 2.61. The third-order valence-electron chi connectivity index (χ3n) is 2.61. The standard InChI is InChI=1S/C15H15N3O3/c1-2-21-14-9-11(3-4-13(14)19)10-17-18-15(20)12-5-7-16-8-6-12/h3-10,19H,2H2,1H3,(H,18,20)/b17-10-. The number of carbonyl (C=O) groups excluding carboxylic acids is 1. The van der Waals surface area contributed by atoms with Crippen LogP contribution < -0.4 is 10.2 Å². The van der Waals surface area contributed by atoms with E-state index in [9.17, 15) is 9.90 Å². The molecule has 6 heteroatoms. The summed E-state index contributed by atoms with van der Waals surface area (Å²) in [6.07, 6.45) is 4.54. The molecule has 0 bridgehead atoms. The van der Waals surface area contributed by atoms with Gasteiger partial charge in [-0.2, -0.15) is 5.10 Å². The van der Waals surface area contributed by atoms with Gasteiger partial charge in [0.15, 0.2) is 11.5 Å². The Morgan fingerprint density at radius 2 is 2.14 bits per heavy atom. The van der Waals surface area contributed by atoms with Gasteiger partial charge in [-0.05, 0) is 42.8 Å². The van der Waals surface area contributed by atoms with Crippen molar-refractivity contribution >= 4 is 12.1 Å². The Balaban J connectivity index is 2.01. The van der Waals surface area contributed by atoms with Crippen molar-refractivity contribution in [3.05, 3.63) is 53.9 Å². The molecule has 21 heavy (non-hydrogen) atoms. The fraction of sp³-hybridized carbons (Fsp3) is 0.133. The number of aromatic nitrogens is 1. The van der Waals surface area contributed by atoms with Gasteiger partial charge in [0, 0.05) is 18.0 Å². The molecule has 0 saturated carbocycles. The lowest BCUT2D eigenvalue weighted by Crippen LogP contribution is -2.17. The highest BCUT2D eigenvalue weighted by molar-refractivity contribution is 5.94. The van der Waals surface area contributed by atoms with E-state index in [1.54, 1.807) is 24.3 Å². The number of nitrogens with zero attached hydrogens (tertiary/aromatic N) is 2. The summed E-state index contributed by atoms with van der Waals surface area (Å²) in [6.45, 7) is 2.28. The molecule has 0 aliphatic rings. The molecule has 6 nitrogen and oxygen atoms in total. The predicted octanol–water partition coefficient (Wildman–Crippen LogP) is 1.95. The van der Waals surface area contributed by atoms with Crippen molar-refractivity contribution in [3.8, 4) is 11.5 Å². The quantitative estimate of drug-likeness (QED) is 0.649. The Morgan fingerprint density at radius 1 is 1.38 bits per heavy atom. The Bertz CT molecular complexity index is 642. The molecular weight excluding hydrogens is 270 g/mol.